The SMILES string of the molecule is COc1ccc(Sc2ccc(NC(=O)c3cc4c(C)nn(C)c4s3)cc2)cc1. The van der Waals surface area contributed by atoms with E-state index >= 15 is 0 Å². The van der Waals surface area contributed by atoms with Gasteiger partial charge >= 0.3 is 0 Å². The smallest absolute Gasteiger partial charge is 0.265 e. The molecule has 0 aliphatic carbocycles. The van der Waals surface area contributed by atoms with Gasteiger partial charge in [-0.25, -0.2) is 0 Å². The van der Waals surface area contributed by atoms with Crippen molar-refractivity contribution in [3.05, 3.63) is 65.2 Å². The molecule has 4 aromatic rings. The van der Waals surface area contributed by atoms with Crippen LogP contribution < -0.4 is 10.1 Å². The van der Waals surface area contributed by atoms with Crippen LogP contribution in [0, 0.1) is 6.92 Å². The number of hydrogen-bond acceptors (Lipinski definition) is 5. The summed E-state index contributed by atoms with van der Waals surface area (Å²) in [5.74, 6) is 0.741. The first-order valence-electron chi connectivity index (χ1n) is 8.70. The maximum Gasteiger partial charge on any atom is 0.265 e. The van der Waals surface area contributed by atoms with Gasteiger partial charge in [-0.2, -0.15) is 5.10 Å². The van der Waals surface area contributed by atoms with Gasteiger partial charge in [0.15, 0.2) is 0 Å². The summed E-state index contributed by atoms with van der Waals surface area (Å²) in [6.07, 6.45) is 0. The number of carbonyl (C=O) groups is 1. The van der Waals surface area contributed by atoms with Crippen molar-refractivity contribution in [1.29, 1.82) is 0 Å². The summed E-state index contributed by atoms with van der Waals surface area (Å²) in [6, 6.07) is 17.7. The zero-order valence-electron chi connectivity index (χ0n) is 15.7. The van der Waals surface area contributed by atoms with Crippen molar-refractivity contribution in [3.63, 3.8) is 0 Å². The quantitative estimate of drug-likeness (QED) is 0.482. The molecule has 0 saturated carbocycles. The average Bonchev–Trinajstić information content (AvgIpc) is 3.26. The summed E-state index contributed by atoms with van der Waals surface area (Å²) in [6.45, 7) is 1.95. The normalized spacial score (nSPS) is 11.0. The highest BCUT2D eigenvalue weighted by Gasteiger charge is 2.15. The van der Waals surface area contributed by atoms with Gasteiger partial charge in [0.25, 0.3) is 5.91 Å². The summed E-state index contributed by atoms with van der Waals surface area (Å²) in [5, 5.41) is 8.38. The second kappa shape index (κ2) is 7.69. The van der Waals surface area contributed by atoms with Gasteiger partial charge in [0.05, 0.1) is 17.7 Å². The minimum atomic E-state index is -0.101. The van der Waals surface area contributed by atoms with Crippen LogP contribution in [0.4, 0.5) is 5.69 Å². The Morgan fingerprint density at radius 3 is 2.36 bits per heavy atom. The number of amides is 1. The van der Waals surface area contributed by atoms with Gasteiger partial charge in [-0.05, 0) is 61.5 Å². The Labute approximate surface area is 171 Å². The molecule has 28 heavy (non-hydrogen) atoms. The van der Waals surface area contributed by atoms with Gasteiger partial charge in [-0.15, -0.1) is 11.3 Å². The van der Waals surface area contributed by atoms with Crippen LogP contribution in [0.2, 0.25) is 0 Å². The number of nitrogens with one attached hydrogen (secondary N) is 1. The second-order valence-electron chi connectivity index (χ2n) is 6.29. The lowest BCUT2D eigenvalue weighted by molar-refractivity contribution is 0.103. The number of hydrogen-bond donors (Lipinski definition) is 1. The first-order chi connectivity index (χ1) is 13.5. The van der Waals surface area contributed by atoms with E-state index in [4.69, 9.17) is 4.74 Å². The summed E-state index contributed by atoms with van der Waals surface area (Å²) >= 11 is 3.12. The summed E-state index contributed by atoms with van der Waals surface area (Å²) < 4.78 is 7.00. The van der Waals surface area contributed by atoms with Crippen LogP contribution in [0.25, 0.3) is 10.2 Å². The molecule has 2 aromatic carbocycles. The van der Waals surface area contributed by atoms with Crippen molar-refractivity contribution in [3.8, 4) is 5.75 Å². The van der Waals surface area contributed by atoms with Crippen molar-refractivity contribution in [2.45, 2.75) is 16.7 Å². The fourth-order valence-corrected chi connectivity index (χ4v) is 4.73. The number of anilines is 1. The third-order valence-corrected chi connectivity index (χ3v) is 6.54. The Kier molecular flexibility index (Phi) is 5.11. The van der Waals surface area contributed by atoms with E-state index in [1.165, 1.54) is 11.3 Å². The van der Waals surface area contributed by atoms with E-state index in [-0.39, 0.29) is 5.91 Å². The molecule has 1 N–H and O–H groups in total. The average molecular weight is 410 g/mol. The molecule has 0 saturated heterocycles. The Balaban J connectivity index is 1.44. The summed E-state index contributed by atoms with van der Waals surface area (Å²) in [7, 11) is 3.55. The first-order valence-corrected chi connectivity index (χ1v) is 10.3. The largest absolute Gasteiger partial charge is 0.497 e. The monoisotopic (exact) mass is 409 g/mol. The number of thiophene rings is 1. The number of nitrogens with zero attached hydrogens (tertiary/aromatic N) is 2. The van der Waals surface area contributed by atoms with Crippen molar-refractivity contribution in [2.75, 3.05) is 12.4 Å². The maximum atomic E-state index is 12.6. The highest BCUT2D eigenvalue weighted by Crippen LogP contribution is 2.31. The molecule has 7 heteroatoms. The first kappa shape index (κ1) is 18.6. The number of benzene rings is 2. The Morgan fingerprint density at radius 1 is 1.11 bits per heavy atom. The lowest BCUT2D eigenvalue weighted by Crippen LogP contribution is -2.09. The van der Waals surface area contributed by atoms with Crippen LogP contribution in [0.1, 0.15) is 15.4 Å². The molecule has 0 radical (unpaired) electrons. The van der Waals surface area contributed by atoms with Crippen LogP contribution >= 0.6 is 23.1 Å². The van der Waals surface area contributed by atoms with Crippen LogP contribution in [-0.4, -0.2) is 22.8 Å². The molecule has 2 heterocycles. The molecule has 1 amide bonds. The van der Waals surface area contributed by atoms with E-state index in [1.807, 2.05) is 73.3 Å². The predicted molar refractivity (Wildman–Crippen MR) is 115 cm³/mol. The number of methoxy groups -OCH3 is 1. The molecule has 0 aliphatic heterocycles. The zero-order chi connectivity index (χ0) is 19.7. The van der Waals surface area contributed by atoms with Crippen molar-refractivity contribution in [1.82, 2.24) is 9.78 Å². The highest BCUT2D eigenvalue weighted by molar-refractivity contribution is 7.99. The molecule has 4 rings (SSSR count). The van der Waals surface area contributed by atoms with Gasteiger partial charge in [0.1, 0.15) is 10.6 Å². The van der Waals surface area contributed by atoms with E-state index in [9.17, 15) is 4.79 Å². The fraction of sp³-hybridized carbons (Fsp3) is 0.143. The van der Waals surface area contributed by atoms with Gasteiger partial charge in [-0.3, -0.25) is 9.48 Å². The van der Waals surface area contributed by atoms with Gasteiger partial charge in [0.2, 0.25) is 0 Å². The van der Waals surface area contributed by atoms with Crippen LogP contribution in [0.5, 0.6) is 5.75 Å². The Bertz CT molecular complexity index is 1090. The molecule has 0 spiro atoms. The van der Waals surface area contributed by atoms with Crippen LogP contribution in [0.3, 0.4) is 0 Å². The summed E-state index contributed by atoms with van der Waals surface area (Å²) in [5.41, 5.74) is 1.71. The number of ether oxygens (including phenoxy) is 1. The minimum absolute atomic E-state index is 0.101. The van der Waals surface area contributed by atoms with Crippen molar-refractivity contribution in [2.24, 2.45) is 7.05 Å². The van der Waals surface area contributed by atoms with Gasteiger partial charge in [0, 0.05) is 27.9 Å². The molecule has 0 atom stereocenters. The van der Waals surface area contributed by atoms with E-state index in [1.54, 1.807) is 18.9 Å². The van der Waals surface area contributed by atoms with E-state index in [2.05, 4.69) is 10.4 Å². The van der Waals surface area contributed by atoms with Crippen LogP contribution in [-0.2, 0) is 7.05 Å². The molecule has 2 aromatic heterocycles. The van der Waals surface area contributed by atoms with Crippen molar-refractivity contribution >= 4 is 44.9 Å². The predicted octanol–water partition coefficient (Wildman–Crippen LogP) is 5.36. The molecule has 0 aliphatic rings. The molecule has 0 bridgehead atoms. The Morgan fingerprint density at radius 2 is 1.75 bits per heavy atom. The topological polar surface area (TPSA) is 56.1 Å². The standard InChI is InChI=1S/C21H19N3O2S2/c1-13-18-12-19(28-21(18)24(2)23-13)20(25)22-14-4-8-16(9-5-14)27-17-10-6-15(26-3)7-11-17/h4-12H,1-3H3,(H,22,25). The third kappa shape index (κ3) is 3.76. The van der Waals surface area contributed by atoms with E-state index in [0.29, 0.717) is 4.88 Å². The maximum absolute atomic E-state index is 12.6. The molecule has 5 nitrogen and oxygen atoms in total. The number of aromatic nitrogens is 2. The third-order valence-electron chi connectivity index (χ3n) is 4.33. The second-order valence-corrected chi connectivity index (χ2v) is 8.47. The van der Waals surface area contributed by atoms with E-state index in [0.717, 1.165) is 37.1 Å². The number of aryl methyl sites for hydroxylation is 2. The molecule has 0 fully saturated rings. The fourth-order valence-electron chi connectivity index (χ4n) is 2.90. The molecule has 142 valence electrons. The highest BCUT2D eigenvalue weighted by atomic mass is 32.2. The number of rotatable bonds is 5. The molecule has 0 unspecified atom stereocenters. The number of fused-ring (bicyclic) bond motifs is 1. The number of carbonyl (C=O) groups excluding carboxylic acids is 1. The lowest BCUT2D eigenvalue weighted by Gasteiger charge is -2.06. The zero-order valence-corrected chi connectivity index (χ0v) is 17.4. The molecular formula is C21H19N3O2S2. The lowest BCUT2D eigenvalue weighted by atomic mass is 10.3. The van der Waals surface area contributed by atoms with Gasteiger partial charge < -0.3 is 10.1 Å². The summed E-state index contributed by atoms with van der Waals surface area (Å²) in [4.78, 5) is 16.5. The minimum Gasteiger partial charge on any atom is -0.497 e. The van der Waals surface area contributed by atoms with E-state index < -0.39 is 0 Å². The Hall–Kier alpha value is -2.77. The van der Waals surface area contributed by atoms with Gasteiger partial charge in [-0.1, -0.05) is 11.8 Å². The van der Waals surface area contributed by atoms with Crippen molar-refractivity contribution < 1.29 is 9.53 Å². The van der Waals surface area contributed by atoms with Crippen LogP contribution in [0.15, 0.2) is 64.4 Å². The molecular weight excluding hydrogens is 390 g/mol.